The zero-order chi connectivity index (χ0) is 10.6. The first-order valence-corrected chi connectivity index (χ1v) is 5.62. The van der Waals surface area contributed by atoms with Crippen molar-refractivity contribution in [3.8, 4) is 0 Å². The number of halogens is 1. The third-order valence-electron chi connectivity index (χ3n) is 1.99. The Morgan fingerprint density at radius 1 is 1.60 bits per heavy atom. The van der Waals surface area contributed by atoms with Gasteiger partial charge in [0.1, 0.15) is 0 Å². The van der Waals surface area contributed by atoms with E-state index >= 15 is 0 Å². The second kappa shape index (κ2) is 6.82. The lowest BCUT2D eigenvalue weighted by atomic mass is 10.2. The summed E-state index contributed by atoms with van der Waals surface area (Å²) in [5, 5.41) is 6.69. The molecule has 3 N–H and O–H groups in total. The summed E-state index contributed by atoms with van der Waals surface area (Å²) in [6, 6.07) is 0.138. The van der Waals surface area contributed by atoms with Crippen LogP contribution in [0.3, 0.4) is 0 Å². The van der Waals surface area contributed by atoms with Crippen molar-refractivity contribution in [2.75, 3.05) is 6.54 Å². The van der Waals surface area contributed by atoms with Gasteiger partial charge in [0.05, 0.1) is 5.56 Å². The minimum absolute atomic E-state index is 0. The molecule has 5 heteroatoms. The van der Waals surface area contributed by atoms with E-state index in [0.717, 1.165) is 17.5 Å². The summed E-state index contributed by atoms with van der Waals surface area (Å²) in [5.74, 6) is 0.00407. The van der Waals surface area contributed by atoms with E-state index in [2.05, 4.69) is 5.32 Å². The summed E-state index contributed by atoms with van der Waals surface area (Å²) in [5.41, 5.74) is 7.39. The third-order valence-corrected chi connectivity index (χ3v) is 2.85. The molecule has 15 heavy (non-hydrogen) atoms. The molecule has 1 amide bonds. The van der Waals surface area contributed by atoms with Gasteiger partial charge in [0.15, 0.2) is 0 Å². The van der Waals surface area contributed by atoms with Gasteiger partial charge in [-0.15, -0.1) is 12.4 Å². The smallest absolute Gasteiger partial charge is 0.252 e. The fraction of sp³-hybridized carbons (Fsp3) is 0.500. The minimum atomic E-state index is 0. The van der Waals surface area contributed by atoms with Crippen molar-refractivity contribution >= 4 is 29.7 Å². The number of nitrogens with one attached hydrogen (secondary N) is 1. The number of nitrogens with two attached hydrogens (primary N) is 1. The highest BCUT2D eigenvalue weighted by molar-refractivity contribution is 7.08. The Bertz CT molecular complexity index is 312. The maximum Gasteiger partial charge on any atom is 0.252 e. The predicted molar refractivity (Wildman–Crippen MR) is 66.9 cm³/mol. The molecule has 1 aromatic rings. The molecule has 0 aromatic carbocycles. The molecule has 0 saturated heterocycles. The van der Waals surface area contributed by atoms with E-state index < -0.39 is 0 Å². The molecule has 0 bridgehead atoms. The molecule has 0 aliphatic heterocycles. The number of rotatable bonds is 4. The molecule has 0 radical (unpaired) electrons. The summed E-state index contributed by atoms with van der Waals surface area (Å²) in [4.78, 5) is 11.6. The van der Waals surface area contributed by atoms with E-state index in [4.69, 9.17) is 5.73 Å². The maximum atomic E-state index is 11.6. The van der Waals surface area contributed by atoms with Crippen LogP contribution < -0.4 is 11.1 Å². The molecule has 0 aliphatic carbocycles. The van der Waals surface area contributed by atoms with Gasteiger partial charge in [-0.05, 0) is 31.2 Å². The molecule has 0 spiro atoms. The Morgan fingerprint density at radius 2 is 2.27 bits per heavy atom. The van der Waals surface area contributed by atoms with Crippen LogP contribution in [0.15, 0.2) is 10.8 Å². The second-order valence-corrected chi connectivity index (χ2v) is 4.23. The summed E-state index contributed by atoms with van der Waals surface area (Å²) in [7, 11) is 0. The molecule has 0 aliphatic rings. The first-order chi connectivity index (χ1) is 6.61. The van der Waals surface area contributed by atoms with Gasteiger partial charge >= 0.3 is 0 Å². The Morgan fingerprint density at radius 3 is 2.73 bits per heavy atom. The van der Waals surface area contributed by atoms with Crippen LogP contribution in [0, 0.1) is 6.92 Å². The monoisotopic (exact) mass is 248 g/mol. The van der Waals surface area contributed by atoms with Crippen LogP contribution in [0.25, 0.3) is 0 Å². The SMILES string of the molecule is Cc1cscc1C(=O)NCCC(C)N.Cl. The van der Waals surface area contributed by atoms with Crippen molar-refractivity contribution in [3.63, 3.8) is 0 Å². The number of thiophene rings is 1. The van der Waals surface area contributed by atoms with Crippen molar-refractivity contribution in [1.82, 2.24) is 5.32 Å². The zero-order valence-electron chi connectivity index (χ0n) is 8.95. The van der Waals surface area contributed by atoms with Gasteiger partial charge in [-0.2, -0.15) is 11.3 Å². The maximum absolute atomic E-state index is 11.6. The van der Waals surface area contributed by atoms with Gasteiger partial charge in [-0.25, -0.2) is 0 Å². The molecule has 3 nitrogen and oxygen atoms in total. The van der Waals surface area contributed by atoms with E-state index in [9.17, 15) is 4.79 Å². The Hall–Kier alpha value is -0.580. The van der Waals surface area contributed by atoms with Crippen LogP contribution >= 0.6 is 23.7 Å². The number of amides is 1. The molecule has 1 rings (SSSR count). The van der Waals surface area contributed by atoms with Crippen LogP contribution in [0.2, 0.25) is 0 Å². The zero-order valence-corrected chi connectivity index (χ0v) is 10.6. The lowest BCUT2D eigenvalue weighted by Gasteiger charge is -2.06. The Balaban J connectivity index is 0.00000196. The van der Waals surface area contributed by atoms with Crippen molar-refractivity contribution in [3.05, 3.63) is 21.9 Å². The fourth-order valence-electron chi connectivity index (χ4n) is 1.10. The van der Waals surface area contributed by atoms with E-state index in [1.54, 1.807) is 11.3 Å². The van der Waals surface area contributed by atoms with E-state index in [0.29, 0.717) is 6.54 Å². The van der Waals surface area contributed by atoms with E-state index in [1.807, 2.05) is 24.6 Å². The Kier molecular flexibility index (Phi) is 6.56. The number of carbonyl (C=O) groups excluding carboxylic acids is 1. The van der Waals surface area contributed by atoms with Gasteiger partial charge in [0, 0.05) is 18.0 Å². The number of carbonyl (C=O) groups is 1. The fourth-order valence-corrected chi connectivity index (χ4v) is 1.93. The number of hydrogen-bond acceptors (Lipinski definition) is 3. The molecule has 1 atom stereocenters. The van der Waals surface area contributed by atoms with Crippen LogP contribution in [-0.4, -0.2) is 18.5 Å². The van der Waals surface area contributed by atoms with E-state index in [-0.39, 0.29) is 24.4 Å². The molecule has 1 unspecified atom stereocenters. The second-order valence-electron chi connectivity index (χ2n) is 3.49. The first-order valence-electron chi connectivity index (χ1n) is 4.68. The highest BCUT2D eigenvalue weighted by Gasteiger charge is 2.08. The highest BCUT2D eigenvalue weighted by atomic mass is 35.5. The standard InChI is InChI=1S/C10H16N2OS.ClH/c1-7-5-14-6-9(7)10(13)12-4-3-8(2)11;/h5-6,8H,3-4,11H2,1-2H3,(H,12,13);1H. The summed E-state index contributed by atoms with van der Waals surface area (Å²) >= 11 is 1.55. The van der Waals surface area contributed by atoms with Crippen LogP contribution in [0.5, 0.6) is 0 Å². The van der Waals surface area contributed by atoms with Crippen LogP contribution in [0.4, 0.5) is 0 Å². The summed E-state index contributed by atoms with van der Waals surface area (Å²) in [6.07, 6.45) is 0.814. The van der Waals surface area contributed by atoms with Gasteiger partial charge in [0.2, 0.25) is 0 Å². The molecule has 86 valence electrons. The third kappa shape index (κ3) is 4.64. The van der Waals surface area contributed by atoms with Crippen molar-refractivity contribution in [2.24, 2.45) is 5.73 Å². The normalized spacial score (nSPS) is 11.7. The largest absolute Gasteiger partial charge is 0.352 e. The predicted octanol–water partition coefficient (Wildman–Crippen LogP) is 1.95. The van der Waals surface area contributed by atoms with Crippen molar-refractivity contribution in [1.29, 1.82) is 0 Å². The minimum Gasteiger partial charge on any atom is -0.352 e. The molecule has 1 heterocycles. The molecule has 1 aromatic heterocycles. The number of hydrogen-bond donors (Lipinski definition) is 2. The van der Waals surface area contributed by atoms with Gasteiger partial charge in [-0.3, -0.25) is 4.79 Å². The highest BCUT2D eigenvalue weighted by Crippen LogP contribution is 2.12. The van der Waals surface area contributed by atoms with Gasteiger partial charge in [-0.1, -0.05) is 0 Å². The lowest BCUT2D eigenvalue weighted by Crippen LogP contribution is -2.29. The van der Waals surface area contributed by atoms with Crippen molar-refractivity contribution < 1.29 is 4.79 Å². The van der Waals surface area contributed by atoms with Crippen molar-refractivity contribution in [2.45, 2.75) is 26.3 Å². The molecular weight excluding hydrogens is 232 g/mol. The van der Waals surface area contributed by atoms with Gasteiger partial charge < -0.3 is 11.1 Å². The van der Waals surface area contributed by atoms with Gasteiger partial charge in [0.25, 0.3) is 5.91 Å². The van der Waals surface area contributed by atoms with E-state index in [1.165, 1.54) is 0 Å². The average molecular weight is 249 g/mol. The summed E-state index contributed by atoms with van der Waals surface area (Å²) in [6.45, 7) is 4.52. The Labute approximate surface area is 100 Å². The summed E-state index contributed by atoms with van der Waals surface area (Å²) < 4.78 is 0. The first kappa shape index (κ1) is 14.4. The lowest BCUT2D eigenvalue weighted by molar-refractivity contribution is 0.0952. The average Bonchev–Trinajstić information content (AvgIpc) is 2.50. The number of aryl methyl sites for hydroxylation is 1. The van der Waals surface area contributed by atoms with Crippen LogP contribution in [0.1, 0.15) is 29.3 Å². The molecule has 0 fully saturated rings. The topological polar surface area (TPSA) is 55.1 Å². The quantitative estimate of drug-likeness (QED) is 0.856. The molecule has 0 saturated carbocycles. The van der Waals surface area contributed by atoms with Crippen LogP contribution in [-0.2, 0) is 0 Å². The molecular formula is C10H17ClN2OS.